The minimum Gasteiger partial charge on any atom is -0.372 e. The second kappa shape index (κ2) is 11.3. The second-order valence-corrected chi connectivity index (χ2v) is 9.00. The lowest BCUT2D eigenvalue weighted by atomic mass is 9.84. The van der Waals surface area contributed by atoms with Gasteiger partial charge in [0.05, 0.1) is 10.7 Å². The molecular formula is C23H35ClFN3O2. The van der Waals surface area contributed by atoms with Crippen molar-refractivity contribution in [2.24, 2.45) is 5.92 Å². The van der Waals surface area contributed by atoms with Gasteiger partial charge in [-0.25, -0.2) is 4.39 Å². The molecule has 7 heteroatoms. The van der Waals surface area contributed by atoms with Crippen molar-refractivity contribution in [2.75, 3.05) is 50.8 Å². The Kier molecular flexibility index (Phi) is 8.78. The number of nitrogens with one attached hydrogen (secondary N) is 1. The predicted molar refractivity (Wildman–Crippen MR) is 120 cm³/mol. The number of rotatable bonds is 8. The van der Waals surface area contributed by atoms with Crippen LogP contribution in [-0.2, 0) is 9.53 Å². The molecule has 0 aromatic heterocycles. The SMILES string of the molecule is CCOCC(=O)N[C@H]1CC[C@H](CCN2CCN(c3cc(C)c(F)cc3Cl)CC2)CC1. The molecule has 5 nitrogen and oxygen atoms in total. The number of amides is 1. The van der Waals surface area contributed by atoms with Crippen molar-refractivity contribution < 1.29 is 13.9 Å². The molecule has 1 aromatic carbocycles. The highest BCUT2D eigenvalue weighted by molar-refractivity contribution is 6.33. The van der Waals surface area contributed by atoms with Gasteiger partial charge in [-0.05, 0) is 76.1 Å². The lowest BCUT2D eigenvalue weighted by molar-refractivity contribution is -0.126. The van der Waals surface area contributed by atoms with Crippen molar-refractivity contribution in [2.45, 2.75) is 52.0 Å². The summed E-state index contributed by atoms with van der Waals surface area (Å²) in [6.45, 7) is 9.41. The van der Waals surface area contributed by atoms with Crippen LogP contribution >= 0.6 is 11.6 Å². The van der Waals surface area contributed by atoms with Crippen LogP contribution in [0.15, 0.2) is 12.1 Å². The van der Waals surface area contributed by atoms with Crippen molar-refractivity contribution in [3.05, 3.63) is 28.5 Å². The summed E-state index contributed by atoms with van der Waals surface area (Å²) in [4.78, 5) is 16.6. The van der Waals surface area contributed by atoms with Gasteiger partial charge in [-0.2, -0.15) is 0 Å². The van der Waals surface area contributed by atoms with Crippen molar-refractivity contribution >= 4 is 23.2 Å². The number of carbonyl (C=O) groups excluding carboxylic acids is 1. The molecule has 1 saturated carbocycles. The standard InChI is InChI=1S/C23H35ClFN3O2/c1-3-30-16-23(29)26-19-6-4-18(5-7-19)8-9-27-10-12-28(13-11-27)22-14-17(2)21(25)15-20(22)24/h14-15,18-19H,3-13,16H2,1-2H3,(H,26,29)/t18-,19-. The third kappa shape index (κ3) is 6.56. The number of benzene rings is 1. The number of hydrogen-bond acceptors (Lipinski definition) is 4. The lowest BCUT2D eigenvalue weighted by Crippen LogP contribution is -2.47. The number of halogens is 2. The summed E-state index contributed by atoms with van der Waals surface area (Å²) in [5.41, 5.74) is 1.58. The smallest absolute Gasteiger partial charge is 0.246 e. The third-order valence-corrected chi connectivity index (χ3v) is 6.75. The van der Waals surface area contributed by atoms with Gasteiger partial charge in [-0.3, -0.25) is 9.69 Å². The van der Waals surface area contributed by atoms with Crippen LogP contribution < -0.4 is 10.2 Å². The maximum Gasteiger partial charge on any atom is 0.246 e. The van der Waals surface area contributed by atoms with E-state index in [1.54, 1.807) is 6.92 Å². The maximum atomic E-state index is 13.7. The highest BCUT2D eigenvalue weighted by Crippen LogP contribution is 2.30. The molecule has 0 unspecified atom stereocenters. The molecule has 1 heterocycles. The Labute approximate surface area is 184 Å². The van der Waals surface area contributed by atoms with Crippen LogP contribution in [0.5, 0.6) is 0 Å². The molecule has 0 bridgehead atoms. The number of hydrogen-bond donors (Lipinski definition) is 1. The van der Waals surface area contributed by atoms with Crippen LogP contribution in [0.1, 0.15) is 44.6 Å². The summed E-state index contributed by atoms with van der Waals surface area (Å²) in [7, 11) is 0. The first-order valence-corrected chi connectivity index (χ1v) is 11.6. The van der Waals surface area contributed by atoms with E-state index in [0.717, 1.165) is 57.2 Å². The zero-order valence-corrected chi connectivity index (χ0v) is 19.0. The van der Waals surface area contributed by atoms with E-state index < -0.39 is 0 Å². The molecule has 1 amide bonds. The summed E-state index contributed by atoms with van der Waals surface area (Å²) in [5, 5.41) is 3.59. The zero-order chi connectivity index (χ0) is 21.5. The number of carbonyl (C=O) groups is 1. The largest absolute Gasteiger partial charge is 0.372 e. The topological polar surface area (TPSA) is 44.8 Å². The van der Waals surface area contributed by atoms with Crippen LogP contribution in [0.2, 0.25) is 5.02 Å². The van der Waals surface area contributed by atoms with E-state index in [4.69, 9.17) is 16.3 Å². The highest BCUT2D eigenvalue weighted by Gasteiger charge is 2.24. The molecule has 1 aromatic rings. The first-order chi connectivity index (χ1) is 14.5. The Hall–Kier alpha value is -1.37. The minimum atomic E-state index is -0.244. The Morgan fingerprint density at radius 3 is 2.57 bits per heavy atom. The summed E-state index contributed by atoms with van der Waals surface area (Å²) in [5.74, 6) is 0.512. The van der Waals surface area contributed by atoms with Gasteiger partial charge in [0.1, 0.15) is 12.4 Å². The van der Waals surface area contributed by atoms with Crippen molar-refractivity contribution in [3.63, 3.8) is 0 Å². The molecule has 1 N–H and O–H groups in total. The highest BCUT2D eigenvalue weighted by atomic mass is 35.5. The molecule has 30 heavy (non-hydrogen) atoms. The van der Waals surface area contributed by atoms with Crippen LogP contribution in [0.4, 0.5) is 10.1 Å². The molecule has 2 aliphatic rings. The van der Waals surface area contributed by atoms with Gasteiger partial charge in [0.25, 0.3) is 0 Å². The van der Waals surface area contributed by atoms with Crippen LogP contribution in [-0.4, -0.2) is 62.8 Å². The van der Waals surface area contributed by atoms with Crippen molar-refractivity contribution in [1.82, 2.24) is 10.2 Å². The minimum absolute atomic E-state index is 0.00891. The monoisotopic (exact) mass is 439 g/mol. The van der Waals surface area contributed by atoms with Crippen molar-refractivity contribution in [3.8, 4) is 0 Å². The zero-order valence-electron chi connectivity index (χ0n) is 18.3. The summed E-state index contributed by atoms with van der Waals surface area (Å²) >= 11 is 6.27. The predicted octanol–water partition coefficient (Wildman–Crippen LogP) is 4.01. The lowest BCUT2D eigenvalue weighted by Gasteiger charge is -2.37. The quantitative estimate of drug-likeness (QED) is 0.664. The normalized spacial score (nSPS) is 22.9. The fourth-order valence-corrected chi connectivity index (χ4v) is 4.79. The Bertz CT molecular complexity index is 702. The molecule has 1 aliphatic carbocycles. The summed E-state index contributed by atoms with van der Waals surface area (Å²) in [6.07, 6.45) is 5.72. The molecule has 2 fully saturated rings. The fraction of sp³-hybridized carbons (Fsp3) is 0.696. The molecule has 3 rings (SSSR count). The average molecular weight is 440 g/mol. The van der Waals surface area contributed by atoms with Gasteiger partial charge >= 0.3 is 0 Å². The molecule has 0 spiro atoms. The Morgan fingerprint density at radius 1 is 1.20 bits per heavy atom. The van der Waals surface area contributed by atoms with E-state index in [2.05, 4.69) is 15.1 Å². The van der Waals surface area contributed by atoms with Gasteiger partial charge in [0, 0.05) is 38.8 Å². The number of aryl methyl sites for hydroxylation is 1. The van der Waals surface area contributed by atoms with Crippen LogP contribution in [0.3, 0.4) is 0 Å². The van der Waals surface area contributed by atoms with Crippen LogP contribution in [0.25, 0.3) is 0 Å². The van der Waals surface area contributed by atoms with Gasteiger partial charge in [-0.15, -0.1) is 0 Å². The van der Waals surface area contributed by atoms with Gasteiger partial charge < -0.3 is 15.0 Å². The first kappa shape index (κ1) is 23.3. The molecule has 168 valence electrons. The Balaban J connectivity index is 1.35. The molecular weight excluding hydrogens is 405 g/mol. The first-order valence-electron chi connectivity index (χ1n) is 11.3. The number of anilines is 1. The maximum absolute atomic E-state index is 13.7. The van der Waals surface area contributed by atoms with E-state index in [1.807, 2.05) is 13.0 Å². The third-order valence-electron chi connectivity index (χ3n) is 6.44. The molecule has 0 radical (unpaired) electrons. The summed E-state index contributed by atoms with van der Waals surface area (Å²) < 4.78 is 18.8. The fourth-order valence-electron chi connectivity index (χ4n) is 4.52. The van der Waals surface area contributed by atoms with E-state index in [0.29, 0.717) is 23.2 Å². The van der Waals surface area contributed by atoms with E-state index in [-0.39, 0.29) is 18.3 Å². The Morgan fingerprint density at radius 2 is 1.90 bits per heavy atom. The van der Waals surface area contributed by atoms with Gasteiger partial charge in [-0.1, -0.05) is 11.6 Å². The van der Waals surface area contributed by atoms with Gasteiger partial charge in [0.2, 0.25) is 5.91 Å². The second-order valence-electron chi connectivity index (χ2n) is 8.59. The number of ether oxygens (including phenoxy) is 1. The average Bonchev–Trinajstić information content (AvgIpc) is 2.75. The van der Waals surface area contributed by atoms with Gasteiger partial charge in [0.15, 0.2) is 0 Å². The number of nitrogens with zero attached hydrogens (tertiary/aromatic N) is 2. The van der Waals surface area contributed by atoms with E-state index in [9.17, 15) is 9.18 Å². The van der Waals surface area contributed by atoms with E-state index in [1.165, 1.54) is 25.3 Å². The molecule has 1 aliphatic heterocycles. The van der Waals surface area contributed by atoms with Crippen molar-refractivity contribution in [1.29, 1.82) is 0 Å². The molecule has 0 atom stereocenters. The van der Waals surface area contributed by atoms with Crippen LogP contribution in [0, 0.1) is 18.7 Å². The summed E-state index contributed by atoms with van der Waals surface area (Å²) in [6, 6.07) is 3.59. The number of piperazine rings is 1. The van der Waals surface area contributed by atoms with E-state index >= 15 is 0 Å². The molecule has 1 saturated heterocycles.